The highest BCUT2D eigenvalue weighted by Crippen LogP contribution is 2.13. The predicted octanol–water partition coefficient (Wildman–Crippen LogP) is 0.473. The van der Waals surface area contributed by atoms with E-state index in [1.54, 1.807) is 7.11 Å². The molecule has 2 N–H and O–H groups in total. The van der Waals surface area contributed by atoms with Gasteiger partial charge in [0.1, 0.15) is 5.75 Å². The predicted molar refractivity (Wildman–Crippen MR) is 85.1 cm³/mol. The minimum Gasteiger partial charge on any atom is -0.497 e. The molecule has 1 unspecified atom stereocenters. The first kappa shape index (κ1) is 17.6. The van der Waals surface area contributed by atoms with Crippen molar-refractivity contribution in [1.82, 2.24) is 15.8 Å². The van der Waals surface area contributed by atoms with Gasteiger partial charge < -0.3 is 14.8 Å². The van der Waals surface area contributed by atoms with Gasteiger partial charge in [0.2, 0.25) is 5.91 Å². The van der Waals surface area contributed by atoms with Crippen LogP contribution in [-0.4, -0.2) is 50.2 Å². The molecule has 1 aliphatic heterocycles. The lowest BCUT2D eigenvalue weighted by atomic mass is 10.0. The van der Waals surface area contributed by atoms with E-state index in [0.717, 1.165) is 16.3 Å². The lowest BCUT2D eigenvalue weighted by Crippen LogP contribution is -2.57. The number of methoxy groups -OCH3 is 2. The number of hydrogen-bond donors (Lipinski definition) is 2. The summed E-state index contributed by atoms with van der Waals surface area (Å²) in [6.45, 7) is 0.493. The van der Waals surface area contributed by atoms with Crippen molar-refractivity contribution in [3.8, 4) is 5.75 Å². The molecule has 1 fully saturated rings. The van der Waals surface area contributed by atoms with Crippen LogP contribution in [0.25, 0.3) is 0 Å². The Morgan fingerprint density at radius 3 is 2.62 bits per heavy atom. The van der Waals surface area contributed by atoms with Gasteiger partial charge in [-0.05, 0) is 24.1 Å². The molecule has 24 heavy (non-hydrogen) atoms. The Morgan fingerprint density at radius 2 is 2.00 bits per heavy atom. The van der Waals surface area contributed by atoms with E-state index in [9.17, 15) is 14.4 Å². The highest BCUT2D eigenvalue weighted by Gasteiger charge is 2.33. The van der Waals surface area contributed by atoms with E-state index in [1.165, 1.54) is 7.11 Å². The van der Waals surface area contributed by atoms with Crippen LogP contribution < -0.4 is 15.5 Å². The van der Waals surface area contributed by atoms with Gasteiger partial charge in [0.25, 0.3) is 0 Å². The first-order valence-electron chi connectivity index (χ1n) is 7.59. The normalized spacial score (nSPS) is 17.0. The maximum Gasteiger partial charge on any atom is 0.336 e. The number of amides is 3. The van der Waals surface area contributed by atoms with Crippen molar-refractivity contribution in [2.45, 2.75) is 12.8 Å². The fraction of sp³-hybridized carbons (Fsp3) is 0.438. The highest BCUT2D eigenvalue weighted by atomic mass is 16.5. The Balaban J connectivity index is 1.82. The molecule has 8 heteroatoms. The summed E-state index contributed by atoms with van der Waals surface area (Å²) in [7, 11) is 2.86. The van der Waals surface area contributed by atoms with Crippen LogP contribution in [0.2, 0.25) is 0 Å². The third-order valence-electron chi connectivity index (χ3n) is 3.72. The smallest absolute Gasteiger partial charge is 0.336 e. The van der Waals surface area contributed by atoms with Crippen molar-refractivity contribution in [2.24, 2.45) is 5.92 Å². The number of esters is 1. The van der Waals surface area contributed by atoms with Crippen LogP contribution in [0.1, 0.15) is 12.0 Å². The van der Waals surface area contributed by atoms with Gasteiger partial charge in [-0.25, -0.2) is 9.80 Å². The van der Waals surface area contributed by atoms with Crippen molar-refractivity contribution in [3.05, 3.63) is 29.8 Å². The van der Waals surface area contributed by atoms with Gasteiger partial charge in [-0.2, -0.15) is 0 Å². The van der Waals surface area contributed by atoms with Gasteiger partial charge >= 0.3 is 12.0 Å². The van der Waals surface area contributed by atoms with Crippen molar-refractivity contribution in [3.63, 3.8) is 0 Å². The number of hydrogen-bond acceptors (Lipinski definition) is 5. The van der Waals surface area contributed by atoms with Crippen molar-refractivity contribution < 1.29 is 23.9 Å². The monoisotopic (exact) mass is 335 g/mol. The Kier molecular flexibility index (Phi) is 6.00. The number of nitrogens with zero attached hydrogens (tertiary/aromatic N) is 1. The molecular formula is C16H21N3O5. The van der Waals surface area contributed by atoms with E-state index in [2.05, 4.69) is 15.5 Å². The molecule has 1 atom stereocenters. The topological polar surface area (TPSA) is 97.0 Å². The molecule has 1 saturated heterocycles. The van der Waals surface area contributed by atoms with E-state index in [0.29, 0.717) is 13.0 Å². The summed E-state index contributed by atoms with van der Waals surface area (Å²) >= 11 is 0. The molecule has 1 aliphatic rings. The molecule has 130 valence electrons. The Labute approximate surface area is 140 Å². The number of urea groups is 1. The van der Waals surface area contributed by atoms with Gasteiger partial charge in [-0.3, -0.25) is 15.0 Å². The minimum absolute atomic E-state index is 0.0162. The number of ether oxygens (including phenoxy) is 2. The summed E-state index contributed by atoms with van der Waals surface area (Å²) < 4.78 is 9.72. The van der Waals surface area contributed by atoms with Crippen molar-refractivity contribution in [2.75, 3.05) is 27.3 Å². The van der Waals surface area contributed by atoms with Crippen molar-refractivity contribution in [1.29, 1.82) is 0 Å². The first-order chi connectivity index (χ1) is 11.5. The van der Waals surface area contributed by atoms with Crippen LogP contribution in [0.5, 0.6) is 5.75 Å². The summed E-state index contributed by atoms with van der Waals surface area (Å²) in [5, 5.41) is 3.83. The van der Waals surface area contributed by atoms with Crippen LogP contribution in [0.15, 0.2) is 24.3 Å². The maximum atomic E-state index is 12.1. The zero-order valence-corrected chi connectivity index (χ0v) is 13.7. The zero-order chi connectivity index (χ0) is 17.5. The number of rotatable bonds is 5. The van der Waals surface area contributed by atoms with E-state index < -0.39 is 17.9 Å². The van der Waals surface area contributed by atoms with Crippen LogP contribution >= 0.6 is 0 Å². The van der Waals surface area contributed by atoms with Gasteiger partial charge in [0.15, 0.2) is 0 Å². The second kappa shape index (κ2) is 8.19. The average Bonchev–Trinajstić information content (AvgIpc) is 2.61. The maximum absolute atomic E-state index is 12.1. The molecule has 1 aromatic rings. The van der Waals surface area contributed by atoms with Gasteiger partial charge in [-0.15, -0.1) is 0 Å². The number of benzene rings is 1. The quantitative estimate of drug-likeness (QED) is 0.763. The second-order valence-electron chi connectivity index (χ2n) is 5.40. The van der Waals surface area contributed by atoms with E-state index in [-0.39, 0.29) is 18.9 Å². The highest BCUT2D eigenvalue weighted by molar-refractivity contribution is 5.87. The molecule has 0 spiro atoms. The molecule has 0 aliphatic carbocycles. The molecular weight excluding hydrogens is 314 g/mol. The molecule has 1 aromatic carbocycles. The Bertz CT molecular complexity index is 602. The fourth-order valence-corrected chi connectivity index (χ4v) is 2.41. The molecule has 0 aromatic heterocycles. The number of carbonyl (C=O) groups excluding carboxylic acids is 3. The minimum atomic E-state index is -0.643. The largest absolute Gasteiger partial charge is 0.497 e. The van der Waals surface area contributed by atoms with E-state index >= 15 is 0 Å². The summed E-state index contributed by atoms with van der Waals surface area (Å²) in [6.07, 6.45) is 0.653. The van der Waals surface area contributed by atoms with E-state index in [1.807, 2.05) is 24.3 Å². The lowest BCUT2D eigenvalue weighted by molar-refractivity contribution is -0.151. The number of nitrogens with one attached hydrogen (secondary N) is 2. The Hall–Kier alpha value is -2.77. The lowest BCUT2D eigenvalue weighted by Gasteiger charge is -2.31. The second-order valence-corrected chi connectivity index (χ2v) is 5.40. The first-order valence-corrected chi connectivity index (χ1v) is 7.59. The van der Waals surface area contributed by atoms with Crippen LogP contribution in [0.3, 0.4) is 0 Å². The standard InChI is InChI=1S/C16H21N3O5/c1-23-13-5-3-11(4-6-13)7-8-17-16(22)19-10-12(15(21)24-2)9-14(20)18-19/h3-6,12H,7-10H2,1-2H3,(H,17,22)(H,18,20). The van der Waals surface area contributed by atoms with Crippen LogP contribution in [0, 0.1) is 5.92 Å². The fourth-order valence-electron chi connectivity index (χ4n) is 2.41. The average molecular weight is 335 g/mol. The summed E-state index contributed by atoms with van der Waals surface area (Å²) in [5.74, 6) is -0.758. The summed E-state index contributed by atoms with van der Waals surface area (Å²) in [6, 6.07) is 7.08. The summed E-state index contributed by atoms with van der Waals surface area (Å²) in [5.41, 5.74) is 3.49. The third-order valence-corrected chi connectivity index (χ3v) is 3.72. The molecule has 0 bridgehead atoms. The SMILES string of the molecule is COC(=O)C1CC(=O)NN(C(=O)NCCc2ccc(OC)cc2)C1. The van der Waals surface area contributed by atoms with Crippen LogP contribution in [-0.2, 0) is 20.7 Å². The van der Waals surface area contributed by atoms with Gasteiger partial charge in [0, 0.05) is 13.0 Å². The molecule has 8 nitrogen and oxygen atoms in total. The third kappa shape index (κ3) is 4.61. The number of hydrazine groups is 1. The van der Waals surface area contributed by atoms with E-state index in [4.69, 9.17) is 4.74 Å². The van der Waals surface area contributed by atoms with Crippen molar-refractivity contribution >= 4 is 17.9 Å². The van der Waals surface area contributed by atoms with Gasteiger partial charge in [-0.1, -0.05) is 12.1 Å². The molecule has 2 rings (SSSR count). The molecule has 0 saturated carbocycles. The number of carbonyl (C=O) groups is 3. The Morgan fingerprint density at radius 1 is 1.29 bits per heavy atom. The molecule has 0 radical (unpaired) electrons. The molecule has 3 amide bonds. The van der Waals surface area contributed by atoms with Gasteiger partial charge in [0.05, 0.1) is 26.7 Å². The molecule has 1 heterocycles. The van der Waals surface area contributed by atoms with Crippen LogP contribution in [0.4, 0.5) is 4.79 Å². The summed E-state index contributed by atoms with van der Waals surface area (Å²) in [4.78, 5) is 35.3. The zero-order valence-electron chi connectivity index (χ0n) is 13.7.